The van der Waals surface area contributed by atoms with Crippen molar-refractivity contribution in [3.8, 4) is 0 Å². The molecule has 0 fully saturated rings. The number of aliphatic hydroxyl groups excluding tert-OH is 1. The largest absolute Gasteiger partial charge is 0.481 e. The number of nitrogens with two attached hydrogens (primary N) is 1. The topological polar surface area (TPSA) is 208 Å². The fourth-order valence-corrected chi connectivity index (χ4v) is 2.78. The maximum absolute atomic E-state index is 12.8. The Morgan fingerprint density at radius 3 is 1.75 bits per heavy atom. The van der Waals surface area contributed by atoms with Gasteiger partial charge in [0.15, 0.2) is 0 Å². The van der Waals surface area contributed by atoms with Crippen LogP contribution in [0.3, 0.4) is 0 Å². The molecule has 0 saturated heterocycles. The summed E-state index contributed by atoms with van der Waals surface area (Å²) in [4.78, 5) is 60.3. The van der Waals surface area contributed by atoms with E-state index in [1.807, 2.05) is 0 Å². The first kappa shape index (κ1) is 29.3. The minimum absolute atomic E-state index is 0.0749. The molecule has 12 heteroatoms. The first-order valence-electron chi connectivity index (χ1n) is 10.5. The molecule has 184 valence electrons. The van der Waals surface area contributed by atoms with E-state index in [9.17, 15) is 34.2 Å². The third-order valence-corrected chi connectivity index (χ3v) is 4.95. The molecule has 0 heterocycles. The SMILES string of the molecule is CCC(C)C(NC(=O)C(CC(C)C)NC(=O)C(CC(=O)O)NC(=O)C(N)C(C)O)C(=O)O. The summed E-state index contributed by atoms with van der Waals surface area (Å²) in [5.41, 5.74) is 5.52. The molecule has 0 aliphatic heterocycles. The maximum Gasteiger partial charge on any atom is 0.326 e. The van der Waals surface area contributed by atoms with Gasteiger partial charge in [-0.1, -0.05) is 34.1 Å². The second-order valence-corrected chi connectivity index (χ2v) is 8.33. The smallest absolute Gasteiger partial charge is 0.326 e. The number of aliphatic carboxylic acids is 2. The zero-order valence-corrected chi connectivity index (χ0v) is 19.1. The van der Waals surface area contributed by atoms with Crippen molar-refractivity contribution in [1.29, 1.82) is 0 Å². The van der Waals surface area contributed by atoms with Crippen molar-refractivity contribution in [3.63, 3.8) is 0 Å². The van der Waals surface area contributed by atoms with Crippen LogP contribution in [-0.4, -0.2) is 75.3 Å². The predicted octanol–water partition coefficient (Wildman–Crippen LogP) is -1.20. The molecule has 3 amide bonds. The summed E-state index contributed by atoms with van der Waals surface area (Å²) in [5, 5.41) is 34.9. The van der Waals surface area contributed by atoms with Gasteiger partial charge in [0.25, 0.3) is 0 Å². The molecule has 0 radical (unpaired) electrons. The van der Waals surface area contributed by atoms with Crippen molar-refractivity contribution < 1.29 is 39.3 Å². The van der Waals surface area contributed by atoms with E-state index >= 15 is 0 Å². The Bertz CT molecular complexity index is 683. The Kier molecular flexibility index (Phi) is 12.5. The number of carbonyl (C=O) groups is 5. The molecule has 0 aliphatic rings. The quantitative estimate of drug-likeness (QED) is 0.166. The average Bonchev–Trinajstić information content (AvgIpc) is 2.68. The Hall–Kier alpha value is -2.73. The molecule has 12 nitrogen and oxygen atoms in total. The number of carboxylic acid groups (broad SMARTS) is 2. The zero-order chi connectivity index (χ0) is 25.2. The van der Waals surface area contributed by atoms with Gasteiger partial charge in [-0.25, -0.2) is 4.79 Å². The molecular weight excluding hydrogens is 424 g/mol. The molecule has 0 aromatic carbocycles. The van der Waals surface area contributed by atoms with Crippen molar-refractivity contribution in [1.82, 2.24) is 16.0 Å². The number of hydrogen-bond donors (Lipinski definition) is 7. The van der Waals surface area contributed by atoms with Crippen LogP contribution in [0.1, 0.15) is 53.9 Å². The van der Waals surface area contributed by atoms with Crippen LogP contribution in [0.4, 0.5) is 0 Å². The van der Waals surface area contributed by atoms with Crippen LogP contribution in [0, 0.1) is 11.8 Å². The standard InChI is InChI=1S/C20H36N4O8/c1-6-10(4)16(20(31)32)24-18(29)12(7-9(2)3)22-17(28)13(8-14(26)27)23-19(30)15(21)11(5)25/h9-13,15-16,25H,6-8,21H2,1-5H3,(H,22,28)(H,23,30)(H,24,29)(H,26,27)(H,31,32). The summed E-state index contributed by atoms with van der Waals surface area (Å²) in [6.07, 6.45) is -1.39. The lowest BCUT2D eigenvalue weighted by molar-refractivity contribution is -0.144. The van der Waals surface area contributed by atoms with Gasteiger partial charge in [0.2, 0.25) is 17.7 Å². The number of nitrogens with one attached hydrogen (secondary N) is 3. The van der Waals surface area contributed by atoms with Crippen molar-refractivity contribution in [2.75, 3.05) is 0 Å². The van der Waals surface area contributed by atoms with Gasteiger partial charge >= 0.3 is 11.9 Å². The van der Waals surface area contributed by atoms with Gasteiger partial charge in [-0.3, -0.25) is 19.2 Å². The molecule has 0 aromatic heterocycles. The molecule has 0 spiro atoms. The third-order valence-electron chi connectivity index (χ3n) is 4.95. The van der Waals surface area contributed by atoms with Crippen molar-refractivity contribution in [3.05, 3.63) is 0 Å². The van der Waals surface area contributed by atoms with Gasteiger partial charge in [-0.05, 0) is 25.2 Å². The second kappa shape index (κ2) is 13.6. The van der Waals surface area contributed by atoms with E-state index in [4.69, 9.17) is 10.8 Å². The van der Waals surface area contributed by atoms with Gasteiger partial charge in [0.05, 0.1) is 12.5 Å². The van der Waals surface area contributed by atoms with Crippen LogP contribution >= 0.6 is 0 Å². The molecule has 0 aliphatic carbocycles. The van der Waals surface area contributed by atoms with E-state index < -0.39 is 66.4 Å². The molecule has 32 heavy (non-hydrogen) atoms. The summed E-state index contributed by atoms with van der Waals surface area (Å²) in [5.74, 6) is -5.67. The molecule has 6 atom stereocenters. The van der Waals surface area contributed by atoms with Crippen LogP contribution < -0.4 is 21.7 Å². The van der Waals surface area contributed by atoms with Gasteiger partial charge in [-0.2, -0.15) is 0 Å². The average molecular weight is 461 g/mol. The summed E-state index contributed by atoms with van der Waals surface area (Å²) in [7, 11) is 0. The lowest BCUT2D eigenvalue weighted by Crippen LogP contribution is -2.59. The first-order chi connectivity index (χ1) is 14.7. The third kappa shape index (κ3) is 10.1. The molecule has 0 rings (SSSR count). The number of hydrogen-bond acceptors (Lipinski definition) is 7. The van der Waals surface area contributed by atoms with E-state index in [0.717, 1.165) is 0 Å². The minimum atomic E-state index is -1.56. The van der Waals surface area contributed by atoms with Crippen LogP contribution in [0.25, 0.3) is 0 Å². The van der Waals surface area contributed by atoms with Crippen molar-refractivity contribution in [2.45, 2.75) is 84.2 Å². The molecule has 0 saturated carbocycles. The highest BCUT2D eigenvalue weighted by molar-refractivity contribution is 5.95. The summed E-state index contributed by atoms with van der Waals surface area (Å²) < 4.78 is 0. The number of rotatable bonds is 14. The predicted molar refractivity (Wildman–Crippen MR) is 114 cm³/mol. The number of amides is 3. The minimum Gasteiger partial charge on any atom is -0.481 e. The van der Waals surface area contributed by atoms with Crippen LogP contribution in [-0.2, 0) is 24.0 Å². The number of carbonyl (C=O) groups excluding carboxylic acids is 3. The number of carboxylic acids is 2. The van der Waals surface area contributed by atoms with Crippen LogP contribution in [0.2, 0.25) is 0 Å². The van der Waals surface area contributed by atoms with E-state index in [1.165, 1.54) is 6.92 Å². The number of aliphatic hydroxyl groups is 1. The van der Waals surface area contributed by atoms with E-state index in [-0.39, 0.29) is 18.3 Å². The van der Waals surface area contributed by atoms with Gasteiger partial charge in [0, 0.05) is 0 Å². The van der Waals surface area contributed by atoms with Gasteiger partial charge in [-0.15, -0.1) is 0 Å². The molecule has 0 aromatic rings. The molecule has 6 unspecified atom stereocenters. The first-order valence-corrected chi connectivity index (χ1v) is 10.5. The van der Waals surface area contributed by atoms with Crippen molar-refractivity contribution >= 4 is 29.7 Å². The van der Waals surface area contributed by atoms with Gasteiger partial charge in [0.1, 0.15) is 24.2 Å². The summed E-state index contributed by atoms with van der Waals surface area (Å²) in [6, 6.07) is -5.28. The monoisotopic (exact) mass is 460 g/mol. The lowest BCUT2D eigenvalue weighted by atomic mass is 9.97. The van der Waals surface area contributed by atoms with Crippen LogP contribution in [0.15, 0.2) is 0 Å². The summed E-state index contributed by atoms with van der Waals surface area (Å²) in [6.45, 7) is 8.27. The highest BCUT2D eigenvalue weighted by atomic mass is 16.4. The molecular formula is C20H36N4O8. The summed E-state index contributed by atoms with van der Waals surface area (Å²) >= 11 is 0. The van der Waals surface area contributed by atoms with E-state index in [1.54, 1.807) is 27.7 Å². The van der Waals surface area contributed by atoms with Gasteiger partial charge < -0.3 is 37.0 Å². The zero-order valence-electron chi connectivity index (χ0n) is 19.1. The van der Waals surface area contributed by atoms with E-state index in [0.29, 0.717) is 6.42 Å². The Morgan fingerprint density at radius 2 is 1.34 bits per heavy atom. The second-order valence-electron chi connectivity index (χ2n) is 8.33. The lowest BCUT2D eigenvalue weighted by Gasteiger charge is -2.27. The Labute approximate surface area is 187 Å². The fraction of sp³-hybridized carbons (Fsp3) is 0.750. The highest BCUT2D eigenvalue weighted by Gasteiger charge is 2.33. The highest BCUT2D eigenvalue weighted by Crippen LogP contribution is 2.11. The Morgan fingerprint density at radius 1 is 0.844 bits per heavy atom. The van der Waals surface area contributed by atoms with Crippen LogP contribution in [0.5, 0.6) is 0 Å². The van der Waals surface area contributed by atoms with E-state index in [2.05, 4.69) is 16.0 Å². The van der Waals surface area contributed by atoms with Crippen molar-refractivity contribution in [2.24, 2.45) is 17.6 Å². The maximum atomic E-state index is 12.8. The molecule has 0 bridgehead atoms. The fourth-order valence-electron chi connectivity index (χ4n) is 2.78. The molecule has 8 N–H and O–H groups in total. The Balaban J connectivity index is 5.59. The normalized spacial score (nSPS) is 16.8.